The standard InChI is InChI=1S/C20H22FN5O3S/c1-13-22-16(12-30-13)10-26-20(28)25-9-8-15(4-7-18(25)24-26)23-19(27)11-29-17-5-2-14(21)3-6-17/h2-3,5-6,12,15H,4,7-11H2,1H3,(H,23,27). The van der Waals surface area contributed by atoms with Gasteiger partial charge in [0, 0.05) is 24.4 Å². The second-order valence-electron chi connectivity index (χ2n) is 7.20. The van der Waals surface area contributed by atoms with Gasteiger partial charge in [0.1, 0.15) is 17.4 Å². The molecule has 0 fully saturated rings. The van der Waals surface area contributed by atoms with Crippen LogP contribution in [0.3, 0.4) is 0 Å². The van der Waals surface area contributed by atoms with Crippen LogP contribution in [-0.4, -0.2) is 37.9 Å². The molecule has 1 amide bonds. The number of ether oxygens (including phenoxy) is 1. The van der Waals surface area contributed by atoms with Gasteiger partial charge in [-0.3, -0.25) is 9.36 Å². The number of aromatic nitrogens is 4. The molecule has 0 spiro atoms. The first-order valence-corrected chi connectivity index (χ1v) is 10.6. The zero-order chi connectivity index (χ0) is 21.1. The molecule has 2 aromatic heterocycles. The average Bonchev–Trinajstić information content (AvgIpc) is 3.19. The van der Waals surface area contributed by atoms with Gasteiger partial charge in [-0.05, 0) is 44.0 Å². The van der Waals surface area contributed by atoms with Gasteiger partial charge in [0.2, 0.25) is 0 Å². The molecule has 3 aromatic rings. The molecule has 1 atom stereocenters. The molecule has 1 aromatic carbocycles. The number of benzene rings is 1. The van der Waals surface area contributed by atoms with Crippen molar-refractivity contribution in [3.05, 3.63) is 62.5 Å². The van der Waals surface area contributed by atoms with E-state index in [1.165, 1.54) is 28.9 Å². The Kier molecular flexibility index (Phi) is 5.93. The Labute approximate surface area is 176 Å². The lowest BCUT2D eigenvalue weighted by Crippen LogP contribution is -2.38. The van der Waals surface area contributed by atoms with Gasteiger partial charge in [-0.2, -0.15) is 5.10 Å². The summed E-state index contributed by atoms with van der Waals surface area (Å²) in [6.45, 7) is 2.64. The Morgan fingerprint density at radius 2 is 2.13 bits per heavy atom. The Balaban J connectivity index is 1.31. The average molecular weight is 431 g/mol. The number of carbonyl (C=O) groups excluding carboxylic acids is 1. The predicted molar refractivity (Wildman–Crippen MR) is 109 cm³/mol. The van der Waals surface area contributed by atoms with Crippen LogP contribution < -0.4 is 15.7 Å². The number of aryl methyl sites for hydroxylation is 2. The molecule has 0 radical (unpaired) electrons. The Morgan fingerprint density at radius 3 is 2.87 bits per heavy atom. The molecule has 1 N–H and O–H groups in total. The maximum Gasteiger partial charge on any atom is 0.346 e. The number of hydrogen-bond donors (Lipinski definition) is 1. The van der Waals surface area contributed by atoms with Crippen molar-refractivity contribution in [3.8, 4) is 5.75 Å². The van der Waals surface area contributed by atoms with E-state index in [0.717, 1.165) is 16.5 Å². The van der Waals surface area contributed by atoms with Crippen molar-refractivity contribution < 1.29 is 13.9 Å². The van der Waals surface area contributed by atoms with Crippen LogP contribution in [0.25, 0.3) is 0 Å². The second-order valence-corrected chi connectivity index (χ2v) is 8.26. The van der Waals surface area contributed by atoms with E-state index in [1.54, 1.807) is 15.9 Å². The van der Waals surface area contributed by atoms with E-state index in [0.29, 0.717) is 38.1 Å². The van der Waals surface area contributed by atoms with E-state index in [2.05, 4.69) is 15.4 Å². The maximum absolute atomic E-state index is 12.9. The van der Waals surface area contributed by atoms with Crippen molar-refractivity contribution in [3.63, 3.8) is 0 Å². The number of nitrogens with zero attached hydrogens (tertiary/aromatic N) is 4. The lowest BCUT2D eigenvalue weighted by Gasteiger charge is -2.16. The summed E-state index contributed by atoms with van der Waals surface area (Å²) in [5.41, 5.74) is 0.682. The third-order valence-electron chi connectivity index (χ3n) is 4.94. The molecule has 30 heavy (non-hydrogen) atoms. The van der Waals surface area contributed by atoms with Crippen molar-refractivity contribution in [2.45, 2.75) is 45.3 Å². The van der Waals surface area contributed by atoms with Gasteiger partial charge in [0.05, 0.1) is 17.2 Å². The summed E-state index contributed by atoms with van der Waals surface area (Å²) >= 11 is 1.55. The fourth-order valence-electron chi connectivity index (χ4n) is 3.46. The normalized spacial score (nSPS) is 16.0. The third-order valence-corrected chi connectivity index (χ3v) is 5.77. The largest absolute Gasteiger partial charge is 0.484 e. The van der Waals surface area contributed by atoms with Gasteiger partial charge in [0.15, 0.2) is 6.61 Å². The Bertz CT molecular complexity index is 1090. The second kappa shape index (κ2) is 8.78. The van der Waals surface area contributed by atoms with Crippen molar-refractivity contribution in [1.82, 2.24) is 24.6 Å². The van der Waals surface area contributed by atoms with Crippen molar-refractivity contribution in [2.24, 2.45) is 0 Å². The Morgan fingerprint density at radius 1 is 1.33 bits per heavy atom. The summed E-state index contributed by atoms with van der Waals surface area (Å²) in [7, 11) is 0. The van der Waals surface area contributed by atoms with Crippen LogP contribution in [0.1, 0.15) is 29.4 Å². The molecule has 1 unspecified atom stereocenters. The minimum absolute atomic E-state index is 0.0648. The lowest BCUT2D eigenvalue weighted by atomic mass is 10.1. The summed E-state index contributed by atoms with van der Waals surface area (Å²) in [5, 5.41) is 10.3. The molecule has 1 aliphatic rings. The molecule has 0 aliphatic carbocycles. The van der Waals surface area contributed by atoms with Crippen LogP contribution in [0.5, 0.6) is 5.75 Å². The highest BCUT2D eigenvalue weighted by molar-refractivity contribution is 7.09. The van der Waals surface area contributed by atoms with Gasteiger partial charge in [-0.15, -0.1) is 11.3 Å². The zero-order valence-corrected chi connectivity index (χ0v) is 17.3. The van der Waals surface area contributed by atoms with Crippen LogP contribution in [0.15, 0.2) is 34.4 Å². The molecule has 1 aliphatic heterocycles. The smallest absolute Gasteiger partial charge is 0.346 e. The highest BCUT2D eigenvalue weighted by Crippen LogP contribution is 2.14. The van der Waals surface area contributed by atoms with Gasteiger partial charge in [-0.1, -0.05) is 0 Å². The number of amides is 1. The predicted octanol–water partition coefficient (Wildman–Crippen LogP) is 1.90. The minimum atomic E-state index is -0.358. The van der Waals surface area contributed by atoms with E-state index in [-0.39, 0.29) is 30.1 Å². The highest BCUT2D eigenvalue weighted by Gasteiger charge is 2.22. The maximum atomic E-state index is 12.9. The van der Waals surface area contributed by atoms with E-state index in [1.807, 2.05) is 12.3 Å². The highest BCUT2D eigenvalue weighted by atomic mass is 32.1. The number of rotatable bonds is 6. The zero-order valence-electron chi connectivity index (χ0n) is 16.5. The van der Waals surface area contributed by atoms with Crippen LogP contribution in [0.2, 0.25) is 0 Å². The number of nitrogens with one attached hydrogen (secondary N) is 1. The SMILES string of the molecule is Cc1nc(Cn2nc3n(c2=O)CCC(NC(=O)COc2ccc(F)cc2)CC3)cs1. The summed E-state index contributed by atoms with van der Waals surface area (Å²) < 4.78 is 21.4. The van der Waals surface area contributed by atoms with Crippen molar-refractivity contribution in [2.75, 3.05) is 6.61 Å². The van der Waals surface area contributed by atoms with E-state index in [9.17, 15) is 14.0 Å². The summed E-state index contributed by atoms with van der Waals surface area (Å²) in [5.74, 6) is 0.554. The van der Waals surface area contributed by atoms with Gasteiger partial charge in [-0.25, -0.2) is 18.9 Å². The molecular weight excluding hydrogens is 409 g/mol. The first-order chi connectivity index (χ1) is 14.5. The van der Waals surface area contributed by atoms with Gasteiger partial charge < -0.3 is 10.1 Å². The van der Waals surface area contributed by atoms with Crippen LogP contribution >= 0.6 is 11.3 Å². The lowest BCUT2D eigenvalue weighted by molar-refractivity contribution is -0.123. The minimum Gasteiger partial charge on any atom is -0.484 e. The van der Waals surface area contributed by atoms with Gasteiger partial charge >= 0.3 is 5.69 Å². The first kappa shape index (κ1) is 20.3. The molecule has 0 bridgehead atoms. The van der Waals surface area contributed by atoms with Crippen molar-refractivity contribution in [1.29, 1.82) is 0 Å². The number of carbonyl (C=O) groups is 1. The first-order valence-electron chi connectivity index (χ1n) is 9.73. The topological polar surface area (TPSA) is 91.0 Å². The van der Waals surface area contributed by atoms with E-state index in [4.69, 9.17) is 4.74 Å². The van der Waals surface area contributed by atoms with E-state index >= 15 is 0 Å². The van der Waals surface area contributed by atoms with E-state index < -0.39 is 0 Å². The van der Waals surface area contributed by atoms with Crippen molar-refractivity contribution >= 4 is 17.2 Å². The Hall–Kier alpha value is -3.01. The number of halogens is 1. The monoisotopic (exact) mass is 431 g/mol. The summed E-state index contributed by atoms with van der Waals surface area (Å²) in [6.07, 6.45) is 1.92. The van der Waals surface area contributed by atoms with Crippen LogP contribution in [-0.2, 0) is 24.3 Å². The number of thiazole rings is 1. The quantitative estimate of drug-likeness (QED) is 0.644. The molecule has 4 rings (SSSR count). The molecule has 158 valence electrons. The third kappa shape index (κ3) is 4.76. The fourth-order valence-corrected chi connectivity index (χ4v) is 4.06. The summed E-state index contributed by atoms with van der Waals surface area (Å²) in [6, 6.07) is 5.45. The summed E-state index contributed by atoms with van der Waals surface area (Å²) in [4.78, 5) is 29.3. The van der Waals surface area contributed by atoms with Crippen LogP contribution in [0.4, 0.5) is 4.39 Å². The molecule has 0 saturated carbocycles. The molecule has 8 nitrogen and oxygen atoms in total. The fraction of sp³-hybridized carbons (Fsp3) is 0.400. The molecular formula is C20H22FN5O3S. The molecule has 10 heteroatoms. The molecule has 0 saturated heterocycles. The number of hydrogen-bond acceptors (Lipinski definition) is 6. The van der Waals surface area contributed by atoms with Crippen LogP contribution in [0, 0.1) is 12.7 Å². The van der Waals surface area contributed by atoms with Gasteiger partial charge in [0.25, 0.3) is 5.91 Å². The number of fused-ring (bicyclic) bond motifs is 1. The molecule has 3 heterocycles.